The lowest BCUT2D eigenvalue weighted by Gasteiger charge is -2.09. The van der Waals surface area contributed by atoms with Crippen molar-refractivity contribution < 1.29 is 26.3 Å². The quantitative estimate of drug-likeness (QED) is 0.792. The summed E-state index contributed by atoms with van der Waals surface area (Å²) >= 11 is 0. The summed E-state index contributed by atoms with van der Waals surface area (Å²) in [6, 6.07) is 1.19. The first-order valence-corrected chi connectivity index (χ1v) is 4.56. The Labute approximate surface area is 96.0 Å². The van der Waals surface area contributed by atoms with E-state index in [-0.39, 0.29) is 11.9 Å². The lowest BCUT2D eigenvalue weighted by atomic mass is 10.3. The number of aromatic nitrogens is 3. The maximum atomic E-state index is 12.6. The molecule has 2 rings (SSSR count). The molecule has 0 fully saturated rings. The molecule has 1 N–H and O–H groups in total. The van der Waals surface area contributed by atoms with Crippen molar-refractivity contribution in [1.29, 1.82) is 0 Å². The van der Waals surface area contributed by atoms with E-state index in [2.05, 4.69) is 10.2 Å². The zero-order chi connectivity index (χ0) is 13.6. The molecule has 0 aliphatic rings. The Hall–Kier alpha value is -1.93. The molecule has 0 spiro atoms. The smallest absolute Gasteiger partial charge is 0.297 e. The molecule has 98 valence electrons. The number of hydrogen-bond acceptors (Lipinski definition) is 1. The number of halogens is 6. The van der Waals surface area contributed by atoms with Crippen molar-refractivity contribution in [1.82, 2.24) is 14.8 Å². The molecular weight excluding hydrogens is 264 g/mol. The second-order valence-electron chi connectivity index (χ2n) is 3.42. The predicted molar refractivity (Wildman–Crippen MR) is 47.9 cm³/mol. The Balaban J connectivity index is 2.61. The lowest BCUT2D eigenvalue weighted by molar-refractivity contribution is -0.143. The molecule has 9 heteroatoms. The number of hydrogen-bond donors (Lipinski definition) is 1. The van der Waals surface area contributed by atoms with Crippen LogP contribution in [-0.2, 0) is 12.4 Å². The Kier molecular flexibility index (Phi) is 2.63. The van der Waals surface area contributed by atoms with Crippen LogP contribution in [0.25, 0.3) is 5.82 Å². The van der Waals surface area contributed by atoms with Gasteiger partial charge in [0.2, 0.25) is 0 Å². The van der Waals surface area contributed by atoms with Gasteiger partial charge in [-0.05, 0) is 6.07 Å². The van der Waals surface area contributed by atoms with Crippen LogP contribution in [0.5, 0.6) is 0 Å². The zero-order valence-electron chi connectivity index (χ0n) is 8.47. The molecule has 0 aliphatic heterocycles. The minimum absolute atomic E-state index is 0.0564. The van der Waals surface area contributed by atoms with Gasteiger partial charge in [-0.3, -0.25) is 9.67 Å². The molecule has 0 unspecified atom stereocenters. The van der Waals surface area contributed by atoms with E-state index in [4.69, 9.17) is 0 Å². The first-order chi connectivity index (χ1) is 8.19. The molecule has 0 aliphatic carbocycles. The summed E-state index contributed by atoms with van der Waals surface area (Å²) in [7, 11) is 0. The number of nitrogens with one attached hydrogen (secondary N) is 1. The summed E-state index contributed by atoms with van der Waals surface area (Å²) in [5, 5.41) is 5.58. The molecular formula is C9H5F6N3. The summed E-state index contributed by atoms with van der Waals surface area (Å²) in [6.45, 7) is 0. The van der Waals surface area contributed by atoms with Crippen LogP contribution >= 0.6 is 0 Å². The van der Waals surface area contributed by atoms with E-state index in [1.165, 1.54) is 0 Å². The van der Waals surface area contributed by atoms with Gasteiger partial charge >= 0.3 is 12.4 Å². The summed E-state index contributed by atoms with van der Waals surface area (Å²) in [5.41, 5.74) is -2.79. The van der Waals surface area contributed by atoms with E-state index in [1.54, 1.807) is 0 Å². The molecule has 0 radical (unpaired) electrons. The van der Waals surface area contributed by atoms with Crippen LogP contribution in [0.4, 0.5) is 26.3 Å². The number of nitrogens with zero attached hydrogens (tertiary/aromatic N) is 2. The van der Waals surface area contributed by atoms with Gasteiger partial charge < -0.3 is 0 Å². The van der Waals surface area contributed by atoms with Crippen molar-refractivity contribution in [2.75, 3.05) is 0 Å². The fourth-order valence-electron chi connectivity index (χ4n) is 1.42. The van der Waals surface area contributed by atoms with E-state index in [9.17, 15) is 26.3 Å². The van der Waals surface area contributed by atoms with Crippen LogP contribution < -0.4 is 0 Å². The van der Waals surface area contributed by atoms with Gasteiger partial charge in [0.25, 0.3) is 0 Å². The number of rotatable bonds is 1. The number of aromatic amines is 1. The van der Waals surface area contributed by atoms with E-state index in [1.807, 2.05) is 0 Å². The maximum absolute atomic E-state index is 12.6. The van der Waals surface area contributed by atoms with Gasteiger partial charge in [0, 0.05) is 12.3 Å². The highest BCUT2D eigenvalue weighted by Gasteiger charge is 2.40. The van der Waals surface area contributed by atoms with Crippen molar-refractivity contribution in [2.45, 2.75) is 12.4 Å². The van der Waals surface area contributed by atoms with Crippen molar-refractivity contribution in [3.8, 4) is 5.82 Å². The third-order valence-corrected chi connectivity index (χ3v) is 2.18. The van der Waals surface area contributed by atoms with Crippen LogP contribution in [0.15, 0.2) is 24.5 Å². The normalized spacial score (nSPS) is 13.0. The molecule has 0 saturated carbocycles. The molecule has 3 nitrogen and oxygen atoms in total. The van der Waals surface area contributed by atoms with Gasteiger partial charge in [-0.15, -0.1) is 0 Å². The van der Waals surface area contributed by atoms with Gasteiger partial charge in [-0.1, -0.05) is 0 Å². The van der Waals surface area contributed by atoms with E-state index in [0.717, 1.165) is 12.3 Å². The molecule has 2 aromatic rings. The third-order valence-electron chi connectivity index (χ3n) is 2.18. The van der Waals surface area contributed by atoms with E-state index < -0.39 is 23.6 Å². The molecule has 0 saturated heterocycles. The minimum atomic E-state index is -4.89. The average Bonchev–Trinajstić information content (AvgIpc) is 2.84. The predicted octanol–water partition coefficient (Wildman–Crippen LogP) is 3.24. The molecule has 18 heavy (non-hydrogen) atoms. The first kappa shape index (κ1) is 12.5. The topological polar surface area (TPSA) is 33.6 Å². The SMILES string of the molecule is FC(F)(F)c1cc(C(F)(F)F)n(-c2ccn[nH]2)c1. The Morgan fingerprint density at radius 2 is 1.72 bits per heavy atom. The third kappa shape index (κ3) is 2.20. The van der Waals surface area contributed by atoms with Gasteiger partial charge in [0.1, 0.15) is 11.5 Å². The Bertz CT molecular complexity index is 534. The van der Waals surface area contributed by atoms with Gasteiger partial charge in [-0.25, -0.2) is 0 Å². The van der Waals surface area contributed by atoms with Crippen molar-refractivity contribution in [3.05, 3.63) is 35.8 Å². The monoisotopic (exact) mass is 269 g/mol. The summed E-state index contributed by atoms with van der Waals surface area (Å²) in [5.74, 6) is -0.196. The second kappa shape index (κ2) is 3.79. The molecule has 0 amide bonds. The average molecular weight is 269 g/mol. The second-order valence-corrected chi connectivity index (χ2v) is 3.42. The van der Waals surface area contributed by atoms with Crippen LogP contribution in [0.3, 0.4) is 0 Å². The molecule has 0 aromatic carbocycles. The van der Waals surface area contributed by atoms with E-state index >= 15 is 0 Å². The Morgan fingerprint density at radius 1 is 1.06 bits per heavy atom. The lowest BCUT2D eigenvalue weighted by Crippen LogP contribution is -2.11. The standard InChI is InChI=1S/C9H5F6N3/c10-8(11,12)5-3-6(9(13,14)15)18(4-5)7-1-2-16-17-7/h1-4H,(H,16,17). The summed E-state index contributed by atoms with van der Waals surface area (Å²) < 4.78 is 75.4. The van der Waals surface area contributed by atoms with Gasteiger partial charge in [0.05, 0.1) is 11.8 Å². The summed E-state index contributed by atoms with van der Waals surface area (Å²) in [6.07, 6.45) is -8.22. The largest absolute Gasteiger partial charge is 0.431 e. The minimum Gasteiger partial charge on any atom is -0.297 e. The van der Waals surface area contributed by atoms with Crippen LogP contribution in [0, 0.1) is 0 Å². The molecule has 0 bridgehead atoms. The van der Waals surface area contributed by atoms with Gasteiger partial charge in [0.15, 0.2) is 0 Å². The van der Waals surface area contributed by atoms with Gasteiger partial charge in [-0.2, -0.15) is 31.4 Å². The molecule has 0 atom stereocenters. The summed E-state index contributed by atoms with van der Waals surface area (Å²) in [4.78, 5) is 0. The highest BCUT2D eigenvalue weighted by Crippen LogP contribution is 2.37. The van der Waals surface area contributed by atoms with Crippen molar-refractivity contribution in [2.24, 2.45) is 0 Å². The number of alkyl halides is 6. The fourth-order valence-corrected chi connectivity index (χ4v) is 1.42. The highest BCUT2D eigenvalue weighted by atomic mass is 19.4. The van der Waals surface area contributed by atoms with Crippen LogP contribution in [-0.4, -0.2) is 14.8 Å². The maximum Gasteiger partial charge on any atom is 0.431 e. The van der Waals surface area contributed by atoms with Crippen molar-refractivity contribution in [3.63, 3.8) is 0 Å². The van der Waals surface area contributed by atoms with E-state index in [0.29, 0.717) is 10.8 Å². The molecule has 2 aromatic heterocycles. The van der Waals surface area contributed by atoms with Crippen LogP contribution in [0.2, 0.25) is 0 Å². The van der Waals surface area contributed by atoms with Crippen LogP contribution in [0.1, 0.15) is 11.3 Å². The van der Waals surface area contributed by atoms with Crippen molar-refractivity contribution >= 4 is 0 Å². The molecule has 2 heterocycles. The zero-order valence-corrected chi connectivity index (χ0v) is 8.47. The highest BCUT2D eigenvalue weighted by molar-refractivity contribution is 5.33. The number of H-pyrrole nitrogens is 1. The first-order valence-electron chi connectivity index (χ1n) is 4.56. The Morgan fingerprint density at radius 3 is 2.17 bits per heavy atom. The fraction of sp³-hybridized carbons (Fsp3) is 0.222.